The number of nitrogens with zero attached hydrogens (tertiary/aromatic N) is 5. The van der Waals surface area contributed by atoms with Gasteiger partial charge in [0.25, 0.3) is 0 Å². The molecule has 2 aromatic rings. The molecule has 1 amide bonds. The Labute approximate surface area is 151 Å². The molecule has 1 aliphatic rings. The number of carbonyl (C=O) groups is 1. The number of hydrogen-bond donors (Lipinski definition) is 0. The van der Waals surface area contributed by atoms with Gasteiger partial charge in [-0.05, 0) is 25.3 Å². The number of benzene rings is 1. The van der Waals surface area contributed by atoms with Crippen molar-refractivity contribution in [3.05, 3.63) is 41.7 Å². The molecule has 6 nitrogen and oxygen atoms in total. The Morgan fingerprint density at radius 2 is 2.12 bits per heavy atom. The van der Waals surface area contributed by atoms with Gasteiger partial charge in [-0.1, -0.05) is 42.1 Å². The van der Waals surface area contributed by atoms with E-state index in [1.54, 1.807) is 4.90 Å². The van der Waals surface area contributed by atoms with Crippen molar-refractivity contribution in [1.82, 2.24) is 19.7 Å². The molecule has 0 atom stereocenters. The van der Waals surface area contributed by atoms with Gasteiger partial charge in [-0.2, -0.15) is 5.26 Å². The zero-order valence-corrected chi connectivity index (χ0v) is 15.1. The maximum atomic E-state index is 12.3. The average molecular weight is 355 g/mol. The van der Waals surface area contributed by atoms with Crippen molar-refractivity contribution in [2.24, 2.45) is 0 Å². The molecule has 3 rings (SSSR count). The van der Waals surface area contributed by atoms with Crippen molar-refractivity contribution < 1.29 is 4.79 Å². The Morgan fingerprint density at radius 1 is 1.36 bits per heavy atom. The summed E-state index contributed by atoms with van der Waals surface area (Å²) in [7, 11) is 0. The van der Waals surface area contributed by atoms with Gasteiger partial charge in [0.1, 0.15) is 12.4 Å². The van der Waals surface area contributed by atoms with Crippen LogP contribution in [0.25, 0.3) is 0 Å². The van der Waals surface area contributed by atoms with Gasteiger partial charge in [-0.15, -0.1) is 10.2 Å². The highest BCUT2D eigenvalue weighted by atomic mass is 32.2. The summed E-state index contributed by atoms with van der Waals surface area (Å²) in [5.74, 6) is 1.74. The fourth-order valence-corrected chi connectivity index (χ4v) is 3.49. The van der Waals surface area contributed by atoms with Crippen LogP contribution in [0.2, 0.25) is 0 Å². The van der Waals surface area contributed by atoms with Gasteiger partial charge < -0.3 is 9.47 Å². The lowest BCUT2D eigenvalue weighted by atomic mass is 10.2. The Bertz CT molecular complexity index is 764. The lowest BCUT2D eigenvalue weighted by Crippen LogP contribution is -2.32. The molecule has 0 spiro atoms. The fourth-order valence-electron chi connectivity index (χ4n) is 2.64. The highest BCUT2D eigenvalue weighted by Gasteiger charge is 2.30. The summed E-state index contributed by atoms with van der Waals surface area (Å²) in [6.07, 6.45) is 2.31. The predicted molar refractivity (Wildman–Crippen MR) is 96.1 cm³/mol. The van der Waals surface area contributed by atoms with Crippen LogP contribution >= 0.6 is 11.8 Å². The third-order valence-corrected chi connectivity index (χ3v) is 5.14. The molecule has 0 bridgehead atoms. The van der Waals surface area contributed by atoms with Crippen molar-refractivity contribution >= 4 is 17.7 Å². The van der Waals surface area contributed by atoms with Crippen LogP contribution < -0.4 is 0 Å². The van der Waals surface area contributed by atoms with Crippen LogP contribution in [-0.2, 0) is 11.3 Å². The SMILES string of the molecule is CCN(CC#N)C(=O)CSc1nnc(C2CC2)n1Cc1ccccc1. The van der Waals surface area contributed by atoms with Crippen LogP contribution in [0.15, 0.2) is 35.5 Å². The van der Waals surface area contributed by atoms with Crippen LogP contribution in [0.4, 0.5) is 0 Å². The van der Waals surface area contributed by atoms with E-state index in [4.69, 9.17) is 5.26 Å². The van der Waals surface area contributed by atoms with Gasteiger partial charge in [0, 0.05) is 12.5 Å². The smallest absolute Gasteiger partial charge is 0.233 e. The van der Waals surface area contributed by atoms with Gasteiger partial charge in [-0.25, -0.2) is 0 Å². The van der Waals surface area contributed by atoms with Crippen LogP contribution in [0.3, 0.4) is 0 Å². The van der Waals surface area contributed by atoms with E-state index in [0.29, 0.717) is 19.0 Å². The van der Waals surface area contributed by atoms with Crippen molar-refractivity contribution in [1.29, 1.82) is 5.26 Å². The summed E-state index contributed by atoms with van der Waals surface area (Å²) in [6, 6.07) is 12.2. The standard InChI is InChI=1S/C18H21N5OS/c1-2-22(11-10-19)16(24)13-25-18-21-20-17(15-8-9-15)23(18)12-14-6-4-3-5-7-14/h3-7,15H,2,8-9,11-13H2,1H3. The van der Waals surface area contributed by atoms with Crippen molar-refractivity contribution in [3.8, 4) is 6.07 Å². The largest absolute Gasteiger partial charge is 0.329 e. The van der Waals surface area contributed by atoms with Gasteiger partial charge in [0.2, 0.25) is 5.91 Å². The molecular formula is C18H21N5OS. The molecule has 0 aliphatic heterocycles. The van der Waals surface area contributed by atoms with Gasteiger partial charge in [0.05, 0.1) is 18.4 Å². The number of rotatable bonds is 8. The summed E-state index contributed by atoms with van der Waals surface area (Å²) in [5.41, 5.74) is 1.19. The summed E-state index contributed by atoms with van der Waals surface area (Å²) >= 11 is 1.40. The van der Waals surface area contributed by atoms with Crippen molar-refractivity contribution in [2.75, 3.05) is 18.8 Å². The van der Waals surface area contributed by atoms with Crippen LogP contribution in [0, 0.1) is 11.3 Å². The molecule has 1 fully saturated rings. The van der Waals surface area contributed by atoms with Gasteiger partial charge >= 0.3 is 0 Å². The number of thioether (sulfide) groups is 1. The zero-order chi connectivity index (χ0) is 17.6. The first-order valence-electron chi connectivity index (χ1n) is 8.47. The molecule has 7 heteroatoms. The van der Waals surface area contributed by atoms with Crippen LogP contribution in [0.1, 0.15) is 37.1 Å². The summed E-state index contributed by atoms with van der Waals surface area (Å²) in [5, 5.41) is 18.3. The second-order valence-corrected chi connectivity index (χ2v) is 6.98. The maximum Gasteiger partial charge on any atom is 0.233 e. The minimum absolute atomic E-state index is 0.0451. The zero-order valence-electron chi connectivity index (χ0n) is 14.3. The van der Waals surface area contributed by atoms with E-state index in [9.17, 15) is 4.79 Å². The van der Waals surface area contributed by atoms with Crippen molar-refractivity contribution in [3.63, 3.8) is 0 Å². The van der Waals surface area contributed by atoms with E-state index in [1.807, 2.05) is 31.2 Å². The molecule has 1 aromatic carbocycles. The number of hydrogen-bond acceptors (Lipinski definition) is 5. The van der Waals surface area contributed by atoms with E-state index >= 15 is 0 Å². The molecule has 1 aliphatic carbocycles. The second kappa shape index (κ2) is 8.17. The molecule has 0 radical (unpaired) electrons. The molecule has 0 unspecified atom stereocenters. The van der Waals surface area contributed by atoms with Gasteiger partial charge in [-0.3, -0.25) is 4.79 Å². The lowest BCUT2D eigenvalue weighted by Gasteiger charge is -2.16. The van der Waals surface area contributed by atoms with E-state index in [1.165, 1.54) is 17.3 Å². The molecular weight excluding hydrogens is 334 g/mol. The van der Waals surface area contributed by atoms with Crippen LogP contribution in [0.5, 0.6) is 0 Å². The first-order valence-corrected chi connectivity index (χ1v) is 9.46. The highest BCUT2D eigenvalue weighted by molar-refractivity contribution is 7.99. The molecule has 1 saturated carbocycles. The van der Waals surface area contributed by atoms with E-state index < -0.39 is 0 Å². The first-order chi connectivity index (χ1) is 12.2. The summed E-state index contributed by atoms with van der Waals surface area (Å²) in [6.45, 7) is 3.26. The summed E-state index contributed by atoms with van der Waals surface area (Å²) < 4.78 is 2.13. The second-order valence-electron chi connectivity index (χ2n) is 6.04. The molecule has 130 valence electrons. The maximum absolute atomic E-state index is 12.3. The number of aromatic nitrogens is 3. The minimum atomic E-state index is -0.0451. The van der Waals surface area contributed by atoms with E-state index in [2.05, 4.69) is 26.9 Å². The van der Waals surface area contributed by atoms with Gasteiger partial charge in [0.15, 0.2) is 5.16 Å². The molecule has 1 aromatic heterocycles. The number of nitriles is 1. The third kappa shape index (κ3) is 4.40. The Kier molecular flexibility index (Phi) is 5.71. The highest BCUT2D eigenvalue weighted by Crippen LogP contribution is 2.40. The number of carbonyl (C=O) groups excluding carboxylic acids is 1. The van der Waals surface area contributed by atoms with E-state index in [0.717, 1.165) is 23.8 Å². The van der Waals surface area contributed by atoms with Crippen molar-refractivity contribution in [2.45, 2.75) is 37.4 Å². The first kappa shape index (κ1) is 17.5. The number of amides is 1. The predicted octanol–water partition coefficient (Wildman–Crippen LogP) is 2.67. The average Bonchev–Trinajstić information content (AvgIpc) is 3.41. The normalized spacial score (nSPS) is 13.4. The molecule has 0 N–H and O–H groups in total. The lowest BCUT2D eigenvalue weighted by molar-refractivity contribution is -0.127. The monoisotopic (exact) mass is 355 g/mol. The Morgan fingerprint density at radius 3 is 2.76 bits per heavy atom. The van der Waals surface area contributed by atoms with Crippen LogP contribution in [-0.4, -0.2) is 44.4 Å². The Hall–Kier alpha value is -2.33. The molecule has 25 heavy (non-hydrogen) atoms. The van der Waals surface area contributed by atoms with E-state index in [-0.39, 0.29) is 18.2 Å². The summed E-state index contributed by atoms with van der Waals surface area (Å²) in [4.78, 5) is 13.8. The third-order valence-electron chi connectivity index (χ3n) is 4.19. The molecule has 1 heterocycles. The quantitative estimate of drug-likeness (QED) is 0.537. The Balaban J connectivity index is 1.73. The minimum Gasteiger partial charge on any atom is -0.329 e. The fraction of sp³-hybridized carbons (Fsp3) is 0.444. The molecule has 0 saturated heterocycles. The topological polar surface area (TPSA) is 74.8 Å².